The fraction of sp³-hybridized carbons (Fsp3) is 0.314. The Balaban J connectivity index is 1.03. The third kappa shape index (κ3) is 6.15. The van der Waals surface area contributed by atoms with Crippen molar-refractivity contribution in [2.24, 2.45) is 17.8 Å². The number of nitrogens with zero attached hydrogens (tertiary/aromatic N) is 2. The van der Waals surface area contributed by atoms with Crippen LogP contribution in [-0.2, 0) is 17.3 Å². The number of hydrogen-bond acceptors (Lipinski definition) is 2. The maximum Gasteiger partial charge on any atom is 0.337 e. The Morgan fingerprint density at radius 1 is 0.662 bits per heavy atom. The minimum absolute atomic E-state index is 0.128. The van der Waals surface area contributed by atoms with Gasteiger partial charge in [0.2, 0.25) is 0 Å². The van der Waals surface area contributed by atoms with Gasteiger partial charge in [0.25, 0.3) is 0 Å². The molecule has 4 heterocycles. The predicted molar refractivity (Wildman–Crippen MR) is 313 cm³/mol. The maximum atomic E-state index is 7.48. The second kappa shape index (κ2) is 15.9. The standard InChI is InChI=1S/C70H65BN2O/c1-5-7-13-44-20-23-60(54(32-44)48-14-9-8-10-15-48)72-62-25-22-53-56-33-49-16-11-12-17-50(49)34-64(56)74-68(53)66(62)71-65-57(29-42(3)30-63(65)72)59-37-52(69(6-2)39-45-18-19-46(31-45)40-69)36-58-55-35-51(21-24-61(55)73(71)67(58)59)70-27-26-47(41-70)28-43(4)38-70/h8-12,14-17,20-26,29-30,32-37,43,45-46H,5-7,13,18-19,27-28,31,38-41H2,1-4H3. The second-order valence-corrected chi connectivity index (χ2v) is 24.6. The Kier molecular flexibility index (Phi) is 9.35. The SMILES string of the molecule is CCCCc1ccc(N2c3cc(C)cc4c3B(c3c2ccc2c3oc3cc5ccccc5cc32)n2c3ccc(C56CC=C(CC(C)C5)C6)cc3c3cc(C5(CC)CC6CCC(C6)C5)cc-4c32)c(-c2ccccc2)c1. The Labute approximate surface area is 436 Å². The van der Waals surface area contributed by atoms with Crippen molar-refractivity contribution in [2.75, 3.05) is 4.90 Å². The molecule has 364 valence electrons. The molecule has 4 atom stereocenters. The van der Waals surface area contributed by atoms with Gasteiger partial charge in [-0.3, -0.25) is 0 Å². The fourth-order valence-electron chi connectivity index (χ4n) is 16.9. The molecule has 0 radical (unpaired) electrons. The summed E-state index contributed by atoms with van der Waals surface area (Å²) in [6.07, 6.45) is 19.0. The van der Waals surface area contributed by atoms with Crippen LogP contribution in [0, 0.1) is 24.7 Å². The summed E-state index contributed by atoms with van der Waals surface area (Å²) in [5.41, 5.74) is 24.2. The zero-order valence-corrected chi connectivity index (χ0v) is 43.7. The summed E-state index contributed by atoms with van der Waals surface area (Å²) >= 11 is 0. The smallest absolute Gasteiger partial charge is 0.337 e. The van der Waals surface area contributed by atoms with E-state index in [1.54, 1.807) is 16.7 Å². The molecule has 2 aromatic heterocycles. The minimum atomic E-state index is -0.128. The van der Waals surface area contributed by atoms with Crippen LogP contribution in [0.5, 0.6) is 0 Å². The highest BCUT2D eigenvalue weighted by molar-refractivity contribution is 6.91. The second-order valence-electron chi connectivity index (χ2n) is 24.6. The number of unbranched alkanes of at least 4 members (excludes halogenated alkanes) is 1. The van der Waals surface area contributed by atoms with Gasteiger partial charge in [0.1, 0.15) is 11.2 Å². The first-order valence-corrected chi connectivity index (χ1v) is 28.6. The average Bonchev–Trinajstić information content (AvgIpc) is 4.20. The van der Waals surface area contributed by atoms with Gasteiger partial charge in [0.05, 0.1) is 5.69 Å². The van der Waals surface area contributed by atoms with Crippen LogP contribution in [0.2, 0.25) is 0 Å². The van der Waals surface area contributed by atoms with Crippen molar-refractivity contribution in [1.82, 2.24) is 4.48 Å². The van der Waals surface area contributed by atoms with E-state index in [2.05, 4.69) is 183 Å². The largest absolute Gasteiger partial charge is 0.456 e. The predicted octanol–water partition coefficient (Wildman–Crippen LogP) is 17.8. The Bertz CT molecular complexity index is 4040. The maximum absolute atomic E-state index is 7.48. The molecule has 4 heteroatoms. The van der Waals surface area contributed by atoms with E-state index >= 15 is 0 Å². The summed E-state index contributed by atoms with van der Waals surface area (Å²) in [5.74, 6) is 2.38. The van der Waals surface area contributed by atoms with Crippen LogP contribution >= 0.6 is 0 Å². The molecular weight excluding hydrogens is 896 g/mol. The van der Waals surface area contributed by atoms with Crippen LogP contribution in [0.4, 0.5) is 17.1 Å². The van der Waals surface area contributed by atoms with Gasteiger partial charge < -0.3 is 13.8 Å². The number of rotatable bonds is 8. The van der Waals surface area contributed by atoms with E-state index in [9.17, 15) is 0 Å². The molecule has 2 aliphatic heterocycles. The van der Waals surface area contributed by atoms with Crippen molar-refractivity contribution < 1.29 is 4.42 Å². The van der Waals surface area contributed by atoms with Crippen LogP contribution in [0.25, 0.3) is 76.8 Å². The van der Waals surface area contributed by atoms with Crippen LogP contribution in [0.15, 0.2) is 156 Å². The lowest BCUT2D eigenvalue weighted by molar-refractivity contribution is 0.207. The van der Waals surface area contributed by atoms with E-state index in [-0.39, 0.29) is 17.7 Å². The van der Waals surface area contributed by atoms with Gasteiger partial charge in [-0.2, -0.15) is 0 Å². The van der Waals surface area contributed by atoms with Gasteiger partial charge in [-0.1, -0.05) is 124 Å². The molecule has 3 fully saturated rings. The Morgan fingerprint density at radius 3 is 2.28 bits per heavy atom. The zero-order chi connectivity index (χ0) is 49.2. The van der Waals surface area contributed by atoms with Crippen LogP contribution in [0.3, 0.4) is 0 Å². The lowest BCUT2D eigenvalue weighted by Gasteiger charge is -2.43. The molecule has 10 aromatic rings. The monoisotopic (exact) mass is 961 g/mol. The number of allylic oxidation sites excluding steroid dienone is 2. The molecule has 4 unspecified atom stereocenters. The molecule has 74 heavy (non-hydrogen) atoms. The summed E-state index contributed by atoms with van der Waals surface area (Å²) in [5, 5.41) is 7.68. The van der Waals surface area contributed by atoms with E-state index in [1.807, 2.05) is 0 Å². The molecule has 4 bridgehead atoms. The van der Waals surface area contributed by atoms with Gasteiger partial charge >= 0.3 is 6.85 Å². The molecule has 3 nitrogen and oxygen atoms in total. The first kappa shape index (κ1) is 43.6. The molecule has 0 saturated heterocycles. The summed E-state index contributed by atoms with van der Waals surface area (Å²) < 4.78 is 10.3. The van der Waals surface area contributed by atoms with E-state index in [1.165, 1.54) is 182 Å². The van der Waals surface area contributed by atoms with Crippen molar-refractivity contribution in [2.45, 2.75) is 122 Å². The van der Waals surface area contributed by atoms with Crippen LogP contribution in [0.1, 0.15) is 120 Å². The third-order valence-corrected chi connectivity index (χ3v) is 20.1. The van der Waals surface area contributed by atoms with Crippen molar-refractivity contribution in [3.05, 3.63) is 173 Å². The first-order valence-electron chi connectivity index (χ1n) is 28.6. The molecule has 0 amide bonds. The number of aryl methyl sites for hydroxylation is 2. The molecule has 16 rings (SSSR count). The molecule has 8 aromatic carbocycles. The average molecular weight is 961 g/mol. The van der Waals surface area contributed by atoms with Crippen LogP contribution < -0.4 is 15.8 Å². The first-order chi connectivity index (χ1) is 36.3. The highest BCUT2D eigenvalue weighted by atomic mass is 16.3. The minimum Gasteiger partial charge on any atom is -0.456 e. The topological polar surface area (TPSA) is 21.3 Å². The van der Waals surface area contributed by atoms with Gasteiger partial charge in [-0.25, -0.2) is 0 Å². The lowest BCUT2D eigenvalue weighted by atomic mass is 9.44. The number of benzene rings is 8. The molecule has 0 spiro atoms. The number of aromatic nitrogens is 1. The van der Waals surface area contributed by atoms with E-state index in [0.717, 1.165) is 29.4 Å². The molecular formula is C70H65BN2O. The summed E-state index contributed by atoms with van der Waals surface area (Å²) in [6, 6.07) is 55.1. The molecule has 3 saturated carbocycles. The van der Waals surface area contributed by atoms with E-state index in [0.29, 0.717) is 5.92 Å². The van der Waals surface area contributed by atoms with Gasteiger partial charge in [0.15, 0.2) is 0 Å². The van der Waals surface area contributed by atoms with E-state index < -0.39 is 0 Å². The van der Waals surface area contributed by atoms with Gasteiger partial charge in [0, 0.05) is 66.0 Å². The number of furan rings is 1. The number of hydrogen-bond donors (Lipinski definition) is 0. The molecule has 0 N–H and O–H groups in total. The van der Waals surface area contributed by atoms with E-state index in [4.69, 9.17) is 4.42 Å². The third-order valence-electron chi connectivity index (χ3n) is 20.1. The molecule has 6 aliphatic rings. The van der Waals surface area contributed by atoms with Crippen molar-refractivity contribution >= 4 is 89.4 Å². The highest BCUT2D eigenvalue weighted by Gasteiger charge is 2.49. The number of anilines is 3. The summed E-state index contributed by atoms with van der Waals surface area (Å²) in [7, 11) is 0. The van der Waals surface area contributed by atoms with Crippen molar-refractivity contribution in [3.8, 4) is 22.3 Å². The van der Waals surface area contributed by atoms with Crippen molar-refractivity contribution in [3.63, 3.8) is 0 Å². The normalized spacial score (nSPS) is 23.4. The molecule has 4 aliphatic carbocycles. The lowest BCUT2D eigenvalue weighted by Crippen LogP contribution is -2.57. The summed E-state index contributed by atoms with van der Waals surface area (Å²) in [4.78, 5) is 2.66. The zero-order valence-electron chi connectivity index (χ0n) is 43.7. The highest BCUT2D eigenvalue weighted by Crippen LogP contribution is 2.57. The Morgan fingerprint density at radius 2 is 1.46 bits per heavy atom. The number of fused-ring (bicyclic) bond motifs is 16. The van der Waals surface area contributed by atoms with Gasteiger partial charge in [-0.15, -0.1) is 0 Å². The Hall–Kier alpha value is -6.78. The summed E-state index contributed by atoms with van der Waals surface area (Å²) in [6.45, 7) is 9.52. The quantitative estimate of drug-likeness (QED) is 0.112. The fourth-order valence-corrected chi connectivity index (χ4v) is 16.9. The van der Waals surface area contributed by atoms with Crippen molar-refractivity contribution in [1.29, 1.82) is 0 Å². The van der Waals surface area contributed by atoms with Gasteiger partial charge in [-0.05, 0) is 211 Å². The van der Waals surface area contributed by atoms with Crippen LogP contribution in [-0.4, -0.2) is 11.3 Å².